The molecule has 3 atom stereocenters. The van der Waals surface area contributed by atoms with Crippen molar-refractivity contribution in [1.29, 1.82) is 0 Å². The van der Waals surface area contributed by atoms with E-state index < -0.39 is 17.6 Å². The van der Waals surface area contributed by atoms with Crippen LogP contribution in [0, 0.1) is 0 Å². The highest BCUT2D eigenvalue weighted by Gasteiger charge is 2.26. The third kappa shape index (κ3) is 14.5. The van der Waals surface area contributed by atoms with E-state index in [9.17, 15) is 9.59 Å². The van der Waals surface area contributed by atoms with Crippen molar-refractivity contribution in [1.82, 2.24) is 5.32 Å². The molecule has 0 aromatic heterocycles. The number of nitrogens with one attached hydrogen (secondary N) is 1. The Labute approximate surface area is 164 Å². The highest BCUT2D eigenvalue weighted by Crippen LogP contribution is 2.12. The molecule has 0 saturated carbocycles. The lowest BCUT2D eigenvalue weighted by Crippen LogP contribution is -2.45. The molecule has 1 N–H and O–H groups in total. The second kappa shape index (κ2) is 12.3. The van der Waals surface area contributed by atoms with Crippen molar-refractivity contribution in [2.24, 2.45) is 0 Å². The van der Waals surface area contributed by atoms with E-state index in [0.717, 1.165) is 0 Å². The maximum atomic E-state index is 12.5. The third-order valence-electron chi connectivity index (χ3n) is 3.24. The molecular weight excluding hydrogens is 350 g/mol. The average molecular weight is 390 g/mol. The Bertz CT molecular complexity index is 444. The molecule has 7 heteroatoms. The number of hydrogen-bond donors (Lipinski definition) is 1. The van der Waals surface area contributed by atoms with Gasteiger partial charge >= 0.3 is 11.9 Å². The lowest BCUT2D eigenvalue weighted by molar-refractivity contribution is -0.173. The Balaban J connectivity index is 4.69. The van der Waals surface area contributed by atoms with Crippen molar-refractivity contribution < 1.29 is 28.5 Å². The molecule has 27 heavy (non-hydrogen) atoms. The fraction of sp³-hybridized carbons (Fsp3) is 0.900. The maximum Gasteiger partial charge on any atom is 0.323 e. The smallest absolute Gasteiger partial charge is 0.323 e. The van der Waals surface area contributed by atoms with Crippen molar-refractivity contribution in [3.63, 3.8) is 0 Å². The fourth-order valence-electron chi connectivity index (χ4n) is 2.36. The highest BCUT2D eigenvalue weighted by atomic mass is 16.7. The van der Waals surface area contributed by atoms with Gasteiger partial charge in [-0.2, -0.15) is 0 Å². The van der Waals surface area contributed by atoms with E-state index in [2.05, 4.69) is 5.32 Å². The molecule has 0 heterocycles. The average Bonchev–Trinajstić information content (AvgIpc) is 2.43. The molecule has 0 radical (unpaired) electrons. The van der Waals surface area contributed by atoms with E-state index in [1.807, 2.05) is 48.5 Å². The Morgan fingerprint density at radius 1 is 0.926 bits per heavy atom. The van der Waals surface area contributed by atoms with E-state index in [1.165, 1.54) is 0 Å². The summed E-state index contributed by atoms with van der Waals surface area (Å²) in [5.41, 5.74) is -0.600. The van der Waals surface area contributed by atoms with Crippen LogP contribution in [0.3, 0.4) is 0 Å². The van der Waals surface area contributed by atoms with Gasteiger partial charge in [0.2, 0.25) is 0 Å². The molecule has 0 amide bonds. The standard InChI is InChI=1S/C20H39NO6/c1-13(2)24-16(6)26-15(5)12-21-17(19(23)27-20(7,8)9)10-11-18(22)25-14(3)4/h13-17,21H,10-12H2,1-9H3. The van der Waals surface area contributed by atoms with Crippen LogP contribution in [-0.2, 0) is 28.5 Å². The van der Waals surface area contributed by atoms with Gasteiger partial charge in [-0.05, 0) is 68.7 Å². The predicted octanol–water partition coefficient (Wildman–Crippen LogP) is 3.19. The van der Waals surface area contributed by atoms with Crippen LogP contribution in [0.4, 0.5) is 0 Å². The van der Waals surface area contributed by atoms with E-state index in [4.69, 9.17) is 18.9 Å². The number of rotatable bonds is 12. The zero-order valence-corrected chi connectivity index (χ0v) is 18.5. The summed E-state index contributed by atoms with van der Waals surface area (Å²) in [6.07, 6.45) is -0.195. The topological polar surface area (TPSA) is 83.1 Å². The van der Waals surface area contributed by atoms with E-state index >= 15 is 0 Å². The van der Waals surface area contributed by atoms with Gasteiger partial charge in [-0.15, -0.1) is 0 Å². The Morgan fingerprint density at radius 3 is 2.00 bits per heavy atom. The van der Waals surface area contributed by atoms with Crippen LogP contribution in [0.1, 0.15) is 75.2 Å². The molecule has 0 aliphatic rings. The molecule has 7 nitrogen and oxygen atoms in total. The number of esters is 2. The van der Waals surface area contributed by atoms with Crippen molar-refractivity contribution >= 4 is 11.9 Å². The lowest BCUT2D eigenvalue weighted by atomic mass is 10.1. The second-order valence-corrected chi connectivity index (χ2v) is 8.27. The normalized spacial score (nSPS) is 15.5. The van der Waals surface area contributed by atoms with Crippen LogP contribution >= 0.6 is 0 Å². The van der Waals surface area contributed by atoms with Crippen molar-refractivity contribution in [2.75, 3.05) is 6.54 Å². The van der Waals surface area contributed by atoms with Crippen LogP contribution in [-0.4, -0.2) is 54.7 Å². The number of carbonyl (C=O) groups is 2. The SMILES string of the molecule is CC(C)OC(=O)CCC(NCC(C)OC(C)OC(C)C)C(=O)OC(C)(C)C. The van der Waals surface area contributed by atoms with Crippen LogP contribution in [0.2, 0.25) is 0 Å². The summed E-state index contributed by atoms with van der Waals surface area (Å²) in [6, 6.07) is -0.615. The Hall–Kier alpha value is -1.18. The maximum absolute atomic E-state index is 12.5. The van der Waals surface area contributed by atoms with E-state index in [1.54, 1.807) is 13.8 Å². The summed E-state index contributed by atoms with van der Waals surface area (Å²) >= 11 is 0. The predicted molar refractivity (Wildman–Crippen MR) is 104 cm³/mol. The van der Waals surface area contributed by atoms with Gasteiger partial charge in [0, 0.05) is 13.0 Å². The Kier molecular flexibility index (Phi) is 11.8. The van der Waals surface area contributed by atoms with Gasteiger partial charge in [0.15, 0.2) is 6.29 Å². The van der Waals surface area contributed by atoms with Gasteiger partial charge in [0.1, 0.15) is 11.6 Å². The van der Waals surface area contributed by atoms with Crippen molar-refractivity contribution in [3.8, 4) is 0 Å². The van der Waals surface area contributed by atoms with Gasteiger partial charge in [0.25, 0.3) is 0 Å². The second-order valence-electron chi connectivity index (χ2n) is 8.27. The van der Waals surface area contributed by atoms with Crippen LogP contribution in [0.15, 0.2) is 0 Å². The molecule has 0 saturated heterocycles. The zero-order chi connectivity index (χ0) is 21.2. The van der Waals surface area contributed by atoms with Gasteiger partial charge in [-0.25, -0.2) is 0 Å². The summed E-state index contributed by atoms with van der Waals surface area (Å²) in [5, 5.41) is 3.15. The molecule has 0 aliphatic carbocycles. The largest absolute Gasteiger partial charge is 0.463 e. The van der Waals surface area contributed by atoms with Crippen LogP contribution in [0.5, 0.6) is 0 Å². The molecule has 0 bridgehead atoms. The summed E-state index contributed by atoms with van der Waals surface area (Å²) in [5.74, 6) is -0.720. The highest BCUT2D eigenvalue weighted by molar-refractivity contribution is 5.77. The molecular formula is C20H39NO6. The van der Waals surface area contributed by atoms with Gasteiger partial charge < -0.3 is 24.3 Å². The first kappa shape index (κ1) is 25.8. The van der Waals surface area contributed by atoms with Crippen molar-refractivity contribution in [2.45, 2.75) is 111 Å². The number of hydrogen-bond acceptors (Lipinski definition) is 7. The molecule has 0 rings (SSSR count). The summed E-state index contributed by atoms with van der Waals surface area (Å²) in [4.78, 5) is 24.3. The molecule has 0 aliphatic heterocycles. The third-order valence-corrected chi connectivity index (χ3v) is 3.24. The molecule has 0 fully saturated rings. The first-order valence-corrected chi connectivity index (χ1v) is 9.76. The summed E-state index contributed by atoms with van der Waals surface area (Å²) in [6.45, 7) is 17.1. The quantitative estimate of drug-likeness (QED) is 0.405. The number of carbonyl (C=O) groups excluding carboxylic acids is 2. The molecule has 0 aromatic carbocycles. The monoisotopic (exact) mass is 389 g/mol. The minimum atomic E-state index is -0.615. The fourth-order valence-corrected chi connectivity index (χ4v) is 2.36. The molecule has 3 unspecified atom stereocenters. The number of ether oxygens (including phenoxy) is 4. The van der Waals surface area contributed by atoms with Crippen LogP contribution in [0.25, 0.3) is 0 Å². The van der Waals surface area contributed by atoms with E-state index in [0.29, 0.717) is 13.0 Å². The minimum absolute atomic E-state index is 0.0710. The Morgan fingerprint density at radius 2 is 1.52 bits per heavy atom. The van der Waals surface area contributed by atoms with Gasteiger partial charge in [-0.1, -0.05) is 0 Å². The first-order valence-electron chi connectivity index (χ1n) is 9.76. The van der Waals surface area contributed by atoms with Crippen LogP contribution < -0.4 is 5.32 Å². The van der Waals surface area contributed by atoms with E-state index in [-0.39, 0.29) is 37.0 Å². The van der Waals surface area contributed by atoms with Crippen molar-refractivity contribution in [3.05, 3.63) is 0 Å². The first-order chi connectivity index (χ1) is 12.3. The minimum Gasteiger partial charge on any atom is -0.463 e. The van der Waals surface area contributed by atoms with Gasteiger partial charge in [-0.3, -0.25) is 9.59 Å². The zero-order valence-electron chi connectivity index (χ0n) is 18.5. The summed E-state index contributed by atoms with van der Waals surface area (Å²) in [7, 11) is 0. The molecule has 160 valence electrons. The van der Waals surface area contributed by atoms with Gasteiger partial charge in [0.05, 0.1) is 18.3 Å². The molecule has 0 spiro atoms. The summed E-state index contributed by atoms with van der Waals surface area (Å²) < 4.78 is 21.9. The molecule has 0 aromatic rings. The lowest BCUT2D eigenvalue weighted by Gasteiger charge is -2.26.